The van der Waals surface area contributed by atoms with Crippen molar-refractivity contribution in [3.63, 3.8) is 0 Å². The van der Waals surface area contributed by atoms with Gasteiger partial charge in [-0.3, -0.25) is 9.35 Å². The lowest BCUT2D eigenvalue weighted by molar-refractivity contribution is -0.131. The van der Waals surface area contributed by atoms with Gasteiger partial charge in [-0.25, -0.2) is 4.79 Å². The van der Waals surface area contributed by atoms with Gasteiger partial charge in [0.15, 0.2) is 5.60 Å². The van der Waals surface area contributed by atoms with Crippen LogP contribution in [-0.4, -0.2) is 30.0 Å². The quantitative estimate of drug-likeness (QED) is 0.340. The topological polar surface area (TPSA) is 136 Å². The van der Waals surface area contributed by atoms with E-state index >= 15 is 0 Å². The predicted octanol–water partition coefficient (Wildman–Crippen LogP) is 3.13. The number of fused-ring (bicyclic) bond motifs is 6. The molecule has 32 heavy (non-hydrogen) atoms. The summed E-state index contributed by atoms with van der Waals surface area (Å²) in [6.45, 7) is 1.25. The van der Waals surface area contributed by atoms with Crippen LogP contribution in [0.5, 0.6) is 23.0 Å². The van der Waals surface area contributed by atoms with Crippen molar-refractivity contribution in [3.05, 3.63) is 76.9 Å². The highest BCUT2D eigenvalue weighted by molar-refractivity contribution is 7.85. The van der Waals surface area contributed by atoms with Gasteiger partial charge in [0.05, 0.1) is 10.5 Å². The minimum Gasteiger partial charge on any atom is -0.508 e. The van der Waals surface area contributed by atoms with Gasteiger partial charge in [-0.1, -0.05) is 6.07 Å². The van der Waals surface area contributed by atoms with Crippen molar-refractivity contribution in [1.29, 1.82) is 0 Å². The second kappa shape index (κ2) is 6.55. The highest BCUT2D eigenvalue weighted by Crippen LogP contribution is 2.57. The van der Waals surface area contributed by atoms with E-state index in [0.29, 0.717) is 16.7 Å². The number of hydrogen-bond acceptors (Lipinski definition) is 8. The maximum absolute atomic E-state index is 12.9. The molecule has 0 aliphatic carbocycles. The molecule has 0 saturated heterocycles. The number of rotatable bonds is 2. The first-order chi connectivity index (χ1) is 15.1. The smallest absolute Gasteiger partial charge is 0.340 e. The summed E-state index contributed by atoms with van der Waals surface area (Å²) in [6.07, 6.45) is 0. The number of ether oxygens (including phenoxy) is 3. The average molecular weight is 454 g/mol. The van der Waals surface area contributed by atoms with Gasteiger partial charge in [-0.15, -0.1) is 0 Å². The third-order valence-electron chi connectivity index (χ3n) is 5.29. The Kier molecular flexibility index (Phi) is 4.10. The maximum Gasteiger partial charge on any atom is 0.340 e. The number of aromatic hydroxyl groups is 1. The van der Waals surface area contributed by atoms with Gasteiger partial charge in [-0.05, 0) is 36.4 Å². The van der Waals surface area contributed by atoms with Crippen LogP contribution in [0, 0.1) is 0 Å². The lowest BCUT2D eigenvalue weighted by atomic mass is 9.77. The minimum absolute atomic E-state index is 0.0453. The summed E-state index contributed by atoms with van der Waals surface area (Å²) in [5.74, 6) is -0.838. The van der Waals surface area contributed by atoms with Crippen molar-refractivity contribution in [2.45, 2.75) is 17.4 Å². The SMILES string of the molecule is CC(=O)Oc1ccc2c(c1)Oc1cc(O)ccc1C21OC(=O)c2cc(S(=O)(=O)O)ccc21. The molecule has 9 nitrogen and oxygen atoms in total. The van der Waals surface area contributed by atoms with E-state index in [9.17, 15) is 27.7 Å². The second-order valence-electron chi connectivity index (χ2n) is 7.29. The van der Waals surface area contributed by atoms with Gasteiger partial charge in [0, 0.05) is 35.7 Å². The summed E-state index contributed by atoms with van der Waals surface area (Å²) < 4.78 is 49.4. The number of carbonyl (C=O) groups is 2. The van der Waals surface area contributed by atoms with E-state index < -0.39 is 32.6 Å². The van der Waals surface area contributed by atoms with Crippen LogP contribution in [0.25, 0.3) is 0 Å². The number of phenolic OH excluding ortho intramolecular Hbond substituents is 1. The normalized spacial score (nSPS) is 18.2. The van der Waals surface area contributed by atoms with Gasteiger partial charge in [0.2, 0.25) is 0 Å². The molecule has 5 rings (SSSR count). The summed E-state index contributed by atoms with van der Waals surface area (Å²) in [4.78, 5) is 23.8. The van der Waals surface area contributed by atoms with Crippen LogP contribution in [0.2, 0.25) is 0 Å². The Morgan fingerprint density at radius 1 is 0.969 bits per heavy atom. The molecule has 2 N–H and O–H groups in total. The average Bonchev–Trinajstić information content (AvgIpc) is 2.99. The van der Waals surface area contributed by atoms with Gasteiger partial charge in [0.1, 0.15) is 23.0 Å². The van der Waals surface area contributed by atoms with Crippen LogP contribution in [0.3, 0.4) is 0 Å². The third-order valence-corrected chi connectivity index (χ3v) is 6.14. The van der Waals surface area contributed by atoms with E-state index in [1.54, 1.807) is 6.07 Å². The zero-order valence-corrected chi connectivity index (χ0v) is 17.2. The van der Waals surface area contributed by atoms with E-state index in [-0.39, 0.29) is 28.6 Å². The largest absolute Gasteiger partial charge is 0.508 e. The molecule has 10 heteroatoms. The number of benzene rings is 3. The van der Waals surface area contributed by atoms with Crippen LogP contribution in [0.1, 0.15) is 34.0 Å². The first kappa shape index (κ1) is 20.0. The summed E-state index contributed by atoms with van der Waals surface area (Å²) in [7, 11) is -4.55. The molecule has 1 spiro atoms. The monoisotopic (exact) mass is 454 g/mol. The zero-order valence-electron chi connectivity index (χ0n) is 16.4. The van der Waals surface area contributed by atoms with Gasteiger partial charge in [-0.2, -0.15) is 8.42 Å². The van der Waals surface area contributed by atoms with Crippen molar-refractivity contribution in [1.82, 2.24) is 0 Å². The fourth-order valence-electron chi connectivity index (χ4n) is 4.07. The molecule has 0 saturated carbocycles. The van der Waals surface area contributed by atoms with Gasteiger partial charge < -0.3 is 19.3 Å². The molecule has 162 valence electrons. The summed E-state index contributed by atoms with van der Waals surface area (Å²) in [5.41, 5.74) is -0.439. The zero-order chi connectivity index (χ0) is 22.8. The van der Waals surface area contributed by atoms with E-state index in [1.165, 1.54) is 49.4 Å². The molecular weight excluding hydrogens is 440 g/mol. The lowest BCUT2D eigenvalue weighted by Gasteiger charge is -2.36. The number of esters is 2. The Bertz CT molecular complexity index is 1440. The van der Waals surface area contributed by atoms with Crippen molar-refractivity contribution < 1.29 is 41.9 Å². The highest BCUT2D eigenvalue weighted by Gasteiger charge is 2.54. The van der Waals surface area contributed by atoms with Crippen LogP contribution in [-0.2, 0) is 25.3 Å². The molecule has 0 aromatic heterocycles. The van der Waals surface area contributed by atoms with Crippen molar-refractivity contribution in [2.75, 3.05) is 0 Å². The highest BCUT2D eigenvalue weighted by atomic mass is 32.2. The molecule has 1 atom stereocenters. The molecule has 2 aliphatic heterocycles. The fraction of sp³-hybridized carbons (Fsp3) is 0.0909. The Hall–Kier alpha value is -3.89. The number of phenols is 1. The molecule has 0 amide bonds. The fourth-order valence-corrected chi connectivity index (χ4v) is 4.57. The lowest BCUT2D eigenvalue weighted by Crippen LogP contribution is -2.33. The van der Waals surface area contributed by atoms with Gasteiger partial charge >= 0.3 is 11.9 Å². The molecular formula is C22H14O9S. The first-order valence-corrected chi connectivity index (χ1v) is 10.7. The minimum atomic E-state index is -4.55. The van der Waals surface area contributed by atoms with Gasteiger partial charge in [0.25, 0.3) is 10.1 Å². The van der Waals surface area contributed by atoms with Crippen LogP contribution < -0.4 is 9.47 Å². The molecule has 2 heterocycles. The Morgan fingerprint density at radius 3 is 2.31 bits per heavy atom. The summed E-state index contributed by atoms with van der Waals surface area (Å²) in [6, 6.07) is 12.4. The van der Waals surface area contributed by atoms with E-state index in [0.717, 1.165) is 6.07 Å². The van der Waals surface area contributed by atoms with E-state index in [4.69, 9.17) is 14.2 Å². The summed E-state index contributed by atoms with van der Waals surface area (Å²) >= 11 is 0. The second-order valence-corrected chi connectivity index (χ2v) is 8.71. The molecule has 3 aromatic rings. The van der Waals surface area contributed by atoms with E-state index in [1.807, 2.05) is 0 Å². The Balaban J connectivity index is 1.81. The molecule has 0 fully saturated rings. The molecule has 2 aliphatic rings. The first-order valence-electron chi connectivity index (χ1n) is 9.29. The van der Waals surface area contributed by atoms with Crippen molar-refractivity contribution >= 4 is 22.1 Å². The summed E-state index contributed by atoms with van der Waals surface area (Å²) in [5, 5.41) is 9.96. The maximum atomic E-state index is 12.9. The third kappa shape index (κ3) is 2.84. The molecule has 1 unspecified atom stereocenters. The molecule has 0 radical (unpaired) electrons. The predicted molar refractivity (Wildman–Crippen MR) is 107 cm³/mol. The number of hydrogen-bond donors (Lipinski definition) is 2. The Labute approximate surface area is 181 Å². The van der Waals surface area contributed by atoms with E-state index in [2.05, 4.69) is 0 Å². The van der Waals surface area contributed by atoms with Crippen LogP contribution >= 0.6 is 0 Å². The Morgan fingerprint density at radius 2 is 1.62 bits per heavy atom. The van der Waals surface area contributed by atoms with Crippen LogP contribution in [0.4, 0.5) is 0 Å². The van der Waals surface area contributed by atoms with Crippen LogP contribution in [0.15, 0.2) is 59.5 Å². The molecule has 3 aromatic carbocycles. The standard InChI is InChI=1S/C22H14O9S/c1-11(23)29-13-3-6-18-20(9-13)30-19-8-12(24)2-5-17(19)22(18)16-7-4-14(32(26,27)28)10-15(16)21(25)31-22/h2-10,24H,1H3,(H,26,27,28). The molecule has 0 bridgehead atoms. The van der Waals surface area contributed by atoms with Crippen molar-refractivity contribution in [2.24, 2.45) is 0 Å². The van der Waals surface area contributed by atoms with Crippen molar-refractivity contribution in [3.8, 4) is 23.0 Å². The number of carbonyl (C=O) groups excluding carboxylic acids is 2.